The van der Waals surface area contributed by atoms with E-state index < -0.39 is 11.9 Å². The van der Waals surface area contributed by atoms with Crippen molar-refractivity contribution in [3.63, 3.8) is 0 Å². The summed E-state index contributed by atoms with van der Waals surface area (Å²) in [6, 6.07) is 9.61. The van der Waals surface area contributed by atoms with Gasteiger partial charge in [0, 0.05) is 25.3 Å². The second-order valence-electron chi connectivity index (χ2n) is 6.17. The molecule has 28 heavy (non-hydrogen) atoms. The van der Waals surface area contributed by atoms with Crippen molar-refractivity contribution in [1.29, 1.82) is 0 Å². The monoisotopic (exact) mass is 423 g/mol. The van der Waals surface area contributed by atoms with Crippen LogP contribution in [-0.2, 0) is 14.4 Å². The lowest BCUT2D eigenvalue weighted by Crippen LogP contribution is -2.15. The molecule has 1 atom stereocenters. The Morgan fingerprint density at radius 1 is 0.964 bits per heavy atom. The quantitative estimate of drug-likeness (QED) is 0.523. The molecule has 0 fully saturated rings. The number of amides is 1. The third-order valence-electron chi connectivity index (χ3n) is 3.74. The average Bonchev–Trinajstić information content (AvgIpc) is 2.58. The fourth-order valence-corrected chi connectivity index (χ4v) is 2.95. The van der Waals surface area contributed by atoms with Gasteiger partial charge in [0.25, 0.3) is 0 Å². The molecule has 0 saturated heterocycles. The Hall–Kier alpha value is -2.57. The third-order valence-corrected chi connectivity index (χ3v) is 4.29. The van der Waals surface area contributed by atoms with Crippen LogP contribution in [0.15, 0.2) is 36.4 Å². The molecule has 0 saturated carbocycles. The zero-order valence-electron chi connectivity index (χ0n) is 15.5. The lowest BCUT2D eigenvalue weighted by atomic mass is 9.97. The molecule has 0 radical (unpaired) electrons. The molecular formula is C20H19Cl2NO5. The van der Waals surface area contributed by atoms with Crippen molar-refractivity contribution in [1.82, 2.24) is 0 Å². The fraction of sp³-hybridized carbons (Fsp3) is 0.250. The van der Waals surface area contributed by atoms with Crippen molar-refractivity contribution in [3.8, 4) is 11.5 Å². The molecule has 0 aliphatic heterocycles. The van der Waals surface area contributed by atoms with Gasteiger partial charge in [0.2, 0.25) is 5.91 Å². The molecule has 0 heterocycles. The Bertz CT molecular complexity index is 913. The van der Waals surface area contributed by atoms with Crippen LogP contribution in [0.4, 0.5) is 5.69 Å². The highest BCUT2D eigenvalue weighted by atomic mass is 35.5. The zero-order valence-corrected chi connectivity index (χ0v) is 17.1. The number of halogens is 2. The minimum absolute atomic E-state index is 0.119. The number of rotatable bonds is 6. The number of ether oxygens (including phenoxy) is 2. The van der Waals surface area contributed by atoms with E-state index in [1.807, 2.05) is 6.92 Å². The van der Waals surface area contributed by atoms with Crippen LogP contribution >= 0.6 is 23.2 Å². The number of anilines is 1. The van der Waals surface area contributed by atoms with E-state index in [9.17, 15) is 14.4 Å². The van der Waals surface area contributed by atoms with Gasteiger partial charge in [-0.25, -0.2) is 0 Å². The van der Waals surface area contributed by atoms with Gasteiger partial charge in [-0.3, -0.25) is 14.4 Å². The molecule has 148 valence electrons. The average molecular weight is 424 g/mol. The van der Waals surface area contributed by atoms with Gasteiger partial charge in [0.1, 0.15) is 0 Å². The molecule has 2 aromatic rings. The molecule has 1 amide bonds. The van der Waals surface area contributed by atoms with Crippen LogP contribution in [0.1, 0.15) is 38.7 Å². The normalized spacial score (nSPS) is 11.5. The molecule has 8 heteroatoms. The Morgan fingerprint density at radius 3 is 2.21 bits per heavy atom. The van der Waals surface area contributed by atoms with Gasteiger partial charge in [-0.05, 0) is 41.8 Å². The van der Waals surface area contributed by atoms with Crippen LogP contribution < -0.4 is 14.8 Å². The smallest absolute Gasteiger partial charge is 0.308 e. The first-order chi connectivity index (χ1) is 13.2. The van der Waals surface area contributed by atoms with Crippen LogP contribution in [0.25, 0.3) is 0 Å². The van der Waals surface area contributed by atoms with Gasteiger partial charge < -0.3 is 14.8 Å². The number of benzene rings is 2. The minimum atomic E-state index is -0.548. The van der Waals surface area contributed by atoms with Crippen LogP contribution in [0, 0.1) is 0 Å². The largest absolute Gasteiger partial charge is 0.423 e. The van der Waals surface area contributed by atoms with Gasteiger partial charge in [-0.2, -0.15) is 0 Å². The van der Waals surface area contributed by atoms with E-state index in [-0.39, 0.29) is 29.7 Å². The zero-order chi connectivity index (χ0) is 20.8. The highest BCUT2D eigenvalue weighted by Gasteiger charge is 2.17. The van der Waals surface area contributed by atoms with E-state index in [1.54, 1.807) is 30.3 Å². The van der Waals surface area contributed by atoms with Gasteiger partial charge in [-0.1, -0.05) is 36.2 Å². The fourth-order valence-electron chi connectivity index (χ4n) is 2.49. The molecule has 2 rings (SSSR count). The number of nitrogens with one attached hydrogen (secondary N) is 1. The summed E-state index contributed by atoms with van der Waals surface area (Å²) in [4.78, 5) is 34.9. The van der Waals surface area contributed by atoms with E-state index in [2.05, 4.69) is 5.32 Å². The number of carbonyl (C=O) groups excluding carboxylic acids is 3. The molecule has 6 nitrogen and oxygen atoms in total. The summed E-state index contributed by atoms with van der Waals surface area (Å²) < 4.78 is 10.2. The maximum absolute atomic E-state index is 12.4. The molecule has 0 aliphatic rings. The van der Waals surface area contributed by atoms with Crippen LogP contribution in [0.2, 0.25) is 10.0 Å². The standard InChI is InChI=1S/C20H19Cl2NO5/c1-11(8-20(26)23-17-6-5-15(21)10-16(17)22)14-4-7-18(27-12(2)24)19(9-14)28-13(3)25/h4-7,9-11H,8H2,1-3H3,(H,23,26). The van der Waals surface area contributed by atoms with Gasteiger partial charge in [0.15, 0.2) is 11.5 Å². The van der Waals surface area contributed by atoms with E-state index in [0.717, 1.165) is 5.56 Å². The Morgan fingerprint density at radius 2 is 1.61 bits per heavy atom. The Labute approximate surface area is 172 Å². The number of carbonyl (C=O) groups is 3. The number of hydrogen-bond donors (Lipinski definition) is 1. The minimum Gasteiger partial charge on any atom is -0.423 e. The molecule has 0 aliphatic carbocycles. The van der Waals surface area contributed by atoms with Gasteiger partial charge >= 0.3 is 11.9 Å². The van der Waals surface area contributed by atoms with E-state index >= 15 is 0 Å². The summed E-state index contributed by atoms with van der Waals surface area (Å²) in [5.41, 5.74) is 1.21. The van der Waals surface area contributed by atoms with Crippen molar-refractivity contribution < 1.29 is 23.9 Å². The first-order valence-corrected chi connectivity index (χ1v) is 9.17. The second kappa shape index (κ2) is 9.57. The molecule has 1 N–H and O–H groups in total. The molecule has 2 aromatic carbocycles. The maximum atomic E-state index is 12.4. The van der Waals surface area contributed by atoms with Gasteiger partial charge in [0.05, 0.1) is 10.7 Å². The summed E-state index contributed by atoms with van der Waals surface area (Å²) in [6.45, 7) is 4.35. The molecular weight excluding hydrogens is 405 g/mol. The lowest BCUT2D eigenvalue weighted by molar-refractivity contribution is -0.134. The lowest BCUT2D eigenvalue weighted by Gasteiger charge is -2.15. The highest BCUT2D eigenvalue weighted by molar-refractivity contribution is 6.36. The van der Waals surface area contributed by atoms with Crippen LogP contribution in [0.5, 0.6) is 11.5 Å². The van der Waals surface area contributed by atoms with Crippen molar-refractivity contribution in [3.05, 3.63) is 52.0 Å². The topological polar surface area (TPSA) is 81.7 Å². The summed E-state index contributed by atoms with van der Waals surface area (Å²) >= 11 is 11.9. The van der Waals surface area contributed by atoms with Crippen molar-refractivity contribution in [2.24, 2.45) is 0 Å². The molecule has 0 spiro atoms. The number of hydrogen-bond acceptors (Lipinski definition) is 5. The molecule has 1 unspecified atom stereocenters. The highest BCUT2D eigenvalue weighted by Crippen LogP contribution is 2.33. The van der Waals surface area contributed by atoms with Gasteiger partial charge in [-0.15, -0.1) is 0 Å². The van der Waals surface area contributed by atoms with Crippen LogP contribution in [-0.4, -0.2) is 17.8 Å². The van der Waals surface area contributed by atoms with Crippen molar-refractivity contribution >= 4 is 46.7 Å². The van der Waals surface area contributed by atoms with Crippen LogP contribution in [0.3, 0.4) is 0 Å². The predicted molar refractivity (Wildman–Crippen MR) is 107 cm³/mol. The third kappa shape index (κ3) is 6.25. The summed E-state index contributed by atoms with van der Waals surface area (Å²) in [5.74, 6) is -1.27. The summed E-state index contributed by atoms with van der Waals surface area (Å²) in [6.07, 6.45) is 0.158. The maximum Gasteiger partial charge on any atom is 0.308 e. The van der Waals surface area contributed by atoms with Crippen molar-refractivity contribution in [2.75, 3.05) is 5.32 Å². The van der Waals surface area contributed by atoms with Crippen molar-refractivity contribution in [2.45, 2.75) is 33.1 Å². The number of esters is 2. The van der Waals surface area contributed by atoms with E-state index in [0.29, 0.717) is 15.7 Å². The molecule has 0 aromatic heterocycles. The summed E-state index contributed by atoms with van der Waals surface area (Å²) in [5, 5.41) is 3.56. The Balaban J connectivity index is 2.13. The first-order valence-electron chi connectivity index (χ1n) is 8.41. The molecule has 0 bridgehead atoms. The second-order valence-corrected chi connectivity index (χ2v) is 7.01. The predicted octanol–water partition coefficient (Wildman–Crippen LogP) is 4.98. The SMILES string of the molecule is CC(=O)Oc1ccc(C(C)CC(=O)Nc2ccc(Cl)cc2Cl)cc1OC(C)=O. The summed E-state index contributed by atoms with van der Waals surface area (Å²) in [7, 11) is 0. The first kappa shape index (κ1) is 21.7. The Kier molecular flexibility index (Phi) is 7.43. The van der Waals surface area contributed by atoms with E-state index in [1.165, 1.54) is 19.9 Å². The van der Waals surface area contributed by atoms with E-state index in [4.69, 9.17) is 32.7 Å².